The zero-order valence-corrected chi connectivity index (χ0v) is 12.8. The first kappa shape index (κ1) is 15.8. The van der Waals surface area contributed by atoms with E-state index in [0.29, 0.717) is 13.0 Å². The SMILES string of the molecule is Cl.N[C@@H]1CCCN(C(=O)Cc2cccc3ccccc23)C1. The van der Waals surface area contributed by atoms with Crippen molar-refractivity contribution >= 4 is 29.1 Å². The van der Waals surface area contributed by atoms with Gasteiger partial charge in [-0.1, -0.05) is 42.5 Å². The molecule has 0 radical (unpaired) electrons. The number of hydrogen-bond donors (Lipinski definition) is 1. The van der Waals surface area contributed by atoms with Crippen LogP contribution in [-0.4, -0.2) is 29.9 Å². The second kappa shape index (κ2) is 6.92. The Morgan fingerprint density at radius 2 is 1.95 bits per heavy atom. The van der Waals surface area contributed by atoms with Crippen molar-refractivity contribution in [3.8, 4) is 0 Å². The Labute approximate surface area is 131 Å². The molecule has 2 aromatic carbocycles. The summed E-state index contributed by atoms with van der Waals surface area (Å²) in [7, 11) is 0. The number of carbonyl (C=O) groups is 1. The highest BCUT2D eigenvalue weighted by Gasteiger charge is 2.21. The normalized spacial score (nSPS) is 18.3. The van der Waals surface area contributed by atoms with Gasteiger partial charge in [-0.05, 0) is 29.2 Å². The van der Waals surface area contributed by atoms with Crippen molar-refractivity contribution in [2.75, 3.05) is 13.1 Å². The van der Waals surface area contributed by atoms with Crippen molar-refractivity contribution in [3.63, 3.8) is 0 Å². The molecule has 1 aliphatic heterocycles. The lowest BCUT2D eigenvalue weighted by Gasteiger charge is -2.31. The van der Waals surface area contributed by atoms with Crippen LogP contribution in [0.4, 0.5) is 0 Å². The lowest BCUT2D eigenvalue weighted by molar-refractivity contribution is -0.131. The molecule has 2 aromatic rings. The van der Waals surface area contributed by atoms with Gasteiger partial charge in [0.2, 0.25) is 5.91 Å². The summed E-state index contributed by atoms with van der Waals surface area (Å²) in [6, 6.07) is 14.5. The molecule has 0 bridgehead atoms. The Hall–Kier alpha value is -1.58. The molecule has 0 aromatic heterocycles. The highest BCUT2D eigenvalue weighted by Crippen LogP contribution is 2.20. The Bertz CT molecular complexity index is 624. The van der Waals surface area contributed by atoms with Gasteiger partial charge in [0.05, 0.1) is 6.42 Å². The molecular formula is C17H21ClN2O. The Morgan fingerprint density at radius 1 is 1.19 bits per heavy atom. The van der Waals surface area contributed by atoms with Gasteiger partial charge in [0.25, 0.3) is 0 Å². The number of benzene rings is 2. The van der Waals surface area contributed by atoms with Gasteiger partial charge >= 0.3 is 0 Å². The number of halogens is 1. The molecular weight excluding hydrogens is 284 g/mol. The summed E-state index contributed by atoms with van der Waals surface area (Å²) < 4.78 is 0. The van der Waals surface area contributed by atoms with Gasteiger partial charge in [0.1, 0.15) is 0 Å². The van der Waals surface area contributed by atoms with Crippen LogP contribution in [-0.2, 0) is 11.2 Å². The predicted octanol–water partition coefficient (Wildman–Crippen LogP) is 2.75. The van der Waals surface area contributed by atoms with Crippen LogP contribution in [0.2, 0.25) is 0 Å². The number of amides is 1. The van der Waals surface area contributed by atoms with E-state index in [1.54, 1.807) is 0 Å². The van der Waals surface area contributed by atoms with Gasteiger partial charge in [-0.15, -0.1) is 12.4 Å². The summed E-state index contributed by atoms with van der Waals surface area (Å²) in [4.78, 5) is 14.3. The van der Waals surface area contributed by atoms with Crippen LogP contribution in [0.3, 0.4) is 0 Å². The molecule has 1 aliphatic rings. The Morgan fingerprint density at radius 3 is 2.76 bits per heavy atom. The average molecular weight is 305 g/mol. The first-order chi connectivity index (χ1) is 9.74. The molecule has 1 saturated heterocycles. The number of hydrogen-bond acceptors (Lipinski definition) is 2. The first-order valence-corrected chi connectivity index (χ1v) is 7.24. The minimum Gasteiger partial charge on any atom is -0.341 e. The summed E-state index contributed by atoms with van der Waals surface area (Å²) in [6.45, 7) is 1.54. The Balaban J connectivity index is 0.00000161. The van der Waals surface area contributed by atoms with Crippen LogP contribution in [0.15, 0.2) is 42.5 Å². The predicted molar refractivity (Wildman–Crippen MR) is 88.7 cm³/mol. The van der Waals surface area contributed by atoms with Crippen molar-refractivity contribution in [3.05, 3.63) is 48.0 Å². The van der Waals surface area contributed by atoms with Crippen molar-refractivity contribution in [1.29, 1.82) is 0 Å². The van der Waals surface area contributed by atoms with Gasteiger partial charge in [0.15, 0.2) is 0 Å². The minimum atomic E-state index is 0. The number of nitrogens with two attached hydrogens (primary N) is 1. The fourth-order valence-corrected chi connectivity index (χ4v) is 2.96. The topological polar surface area (TPSA) is 46.3 Å². The van der Waals surface area contributed by atoms with Crippen molar-refractivity contribution < 1.29 is 4.79 Å². The third-order valence-corrected chi connectivity index (χ3v) is 4.03. The van der Waals surface area contributed by atoms with Crippen molar-refractivity contribution in [2.24, 2.45) is 5.73 Å². The van der Waals surface area contributed by atoms with Crippen LogP contribution < -0.4 is 5.73 Å². The monoisotopic (exact) mass is 304 g/mol. The van der Waals surface area contributed by atoms with E-state index in [1.807, 2.05) is 29.2 Å². The van der Waals surface area contributed by atoms with E-state index >= 15 is 0 Å². The first-order valence-electron chi connectivity index (χ1n) is 7.24. The second-order valence-corrected chi connectivity index (χ2v) is 5.56. The highest BCUT2D eigenvalue weighted by molar-refractivity contribution is 5.90. The number of likely N-dealkylation sites (tertiary alicyclic amines) is 1. The van der Waals surface area contributed by atoms with E-state index in [-0.39, 0.29) is 24.4 Å². The molecule has 4 heteroatoms. The van der Waals surface area contributed by atoms with Gasteiger partial charge in [-0.3, -0.25) is 4.79 Å². The second-order valence-electron chi connectivity index (χ2n) is 5.56. The highest BCUT2D eigenvalue weighted by atomic mass is 35.5. The maximum atomic E-state index is 12.4. The summed E-state index contributed by atoms with van der Waals surface area (Å²) in [5, 5.41) is 2.36. The fourth-order valence-electron chi connectivity index (χ4n) is 2.96. The van der Waals surface area contributed by atoms with Gasteiger partial charge in [-0.2, -0.15) is 0 Å². The summed E-state index contributed by atoms with van der Waals surface area (Å²) in [6.07, 6.45) is 2.51. The molecule has 0 aliphatic carbocycles. The molecule has 21 heavy (non-hydrogen) atoms. The summed E-state index contributed by atoms with van der Waals surface area (Å²) in [5.41, 5.74) is 7.06. The molecule has 2 N–H and O–H groups in total. The van der Waals surface area contributed by atoms with Crippen molar-refractivity contribution in [2.45, 2.75) is 25.3 Å². The Kier molecular flexibility index (Phi) is 5.21. The van der Waals surface area contributed by atoms with E-state index in [2.05, 4.69) is 18.2 Å². The maximum Gasteiger partial charge on any atom is 0.227 e. The molecule has 0 spiro atoms. The standard InChI is InChI=1S/C17H20N2O.ClH/c18-15-8-4-10-19(12-15)17(20)11-14-7-3-6-13-5-1-2-9-16(13)14;/h1-3,5-7,9,15H,4,8,10-12,18H2;1H/t15-;/m1./s1. The van der Waals surface area contributed by atoms with Gasteiger partial charge in [-0.25, -0.2) is 0 Å². The molecule has 1 atom stereocenters. The number of nitrogens with zero attached hydrogens (tertiary/aromatic N) is 1. The van der Waals surface area contributed by atoms with Crippen LogP contribution in [0.25, 0.3) is 10.8 Å². The third-order valence-electron chi connectivity index (χ3n) is 4.03. The van der Waals surface area contributed by atoms with Crippen LogP contribution in [0, 0.1) is 0 Å². The van der Waals surface area contributed by atoms with Crippen LogP contribution in [0.5, 0.6) is 0 Å². The number of carbonyl (C=O) groups excluding carboxylic acids is 1. The maximum absolute atomic E-state index is 12.4. The lowest BCUT2D eigenvalue weighted by atomic mass is 10.0. The fraction of sp³-hybridized carbons (Fsp3) is 0.353. The van der Waals surface area contributed by atoms with Gasteiger partial charge in [0, 0.05) is 19.1 Å². The largest absolute Gasteiger partial charge is 0.341 e. The molecule has 3 rings (SSSR count). The third kappa shape index (κ3) is 3.55. The molecule has 0 saturated carbocycles. The number of piperidine rings is 1. The van der Waals surface area contributed by atoms with E-state index in [0.717, 1.165) is 24.9 Å². The molecule has 1 heterocycles. The molecule has 3 nitrogen and oxygen atoms in total. The molecule has 1 fully saturated rings. The minimum absolute atomic E-state index is 0. The van der Waals surface area contributed by atoms with Crippen molar-refractivity contribution in [1.82, 2.24) is 4.90 Å². The smallest absolute Gasteiger partial charge is 0.227 e. The summed E-state index contributed by atoms with van der Waals surface area (Å²) >= 11 is 0. The quantitative estimate of drug-likeness (QED) is 0.927. The molecule has 1 amide bonds. The van der Waals surface area contributed by atoms with E-state index < -0.39 is 0 Å². The van der Waals surface area contributed by atoms with E-state index in [4.69, 9.17) is 5.73 Å². The zero-order valence-electron chi connectivity index (χ0n) is 12.0. The van der Waals surface area contributed by atoms with E-state index in [1.165, 1.54) is 10.8 Å². The summed E-state index contributed by atoms with van der Waals surface area (Å²) in [5.74, 6) is 0.191. The lowest BCUT2D eigenvalue weighted by Crippen LogP contribution is -2.46. The van der Waals surface area contributed by atoms with Crippen LogP contribution in [0.1, 0.15) is 18.4 Å². The zero-order chi connectivity index (χ0) is 13.9. The molecule has 0 unspecified atom stereocenters. The number of fused-ring (bicyclic) bond motifs is 1. The van der Waals surface area contributed by atoms with E-state index in [9.17, 15) is 4.79 Å². The average Bonchev–Trinajstić information content (AvgIpc) is 2.47. The number of rotatable bonds is 2. The molecule has 112 valence electrons. The van der Waals surface area contributed by atoms with Gasteiger partial charge < -0.3 is 10.6 Å². The van der Waals surface area contributed by atoms with Crippen LogP contribution >= 0.6 is 12.4 Å².